The average molecular weight is 519 g/mol. The minimum atomic E-state index is 1.19. The van der Waals surface area contributed by atoms with E-state index >= 15 is 0 Å². The van der Waals surface area contributed by atoms with Crippen molar-refractivity contribution in [3.05, 3.63) is 0 Å². The van der Waals surface area contributed by atoms with Gasteiger partial charge in [-0.25, -0.2) is 0 Å². The molecule has 0 aliphatic heterocycles. The van der Waals surface area contributed by atoms with Gasteiger partial charge in [-0.3, -0.25) is 0 Å². The van der Waals surface area contributed by atoms with E-state index in [1.807, 2.05) is 0 Å². The molecule has 0 aliphatic rings. The Morgan fingerprint density at radius 3 is 0.844 bits per heavy atom. The summed E-state index contributed by atoms with van der Waals surface area (Å²) < 4.78 is 0. The van der Waals surface area contributed by atoms with Gasteiger partial charge in [0.1, 0.15) is 0 Å². The number of alkyl halides is 1. The second-order valence-corrected chi connectivity index (χ2v) is 10.7. The van der Waals surface area contributed by atoms with Crippen LogP contribution in [0.3, 0.4) is 0 Å². The summed E-state index contributed by atoms with van der Waals surface area (Å²) >= 11 is 3.49. The molecule has 32 heavy (non-hydrogen) atoms. The van der Waals surface area contributed by atoms with E-state index in [0.29, 0.717) is 0 Å². The van der Waals surface area contributed by atoms with Crippen molar-refractivity contribution in [1.29, 1.82) is 0 Å². The molecule has 0 fully saturated rings. The van der Waals surface area contributed by atoms with E-state index in [1.54, 1.807) is 0 Å². The Labute approximate surface area is 214 Å². The second kappa shape index (κ2) is 33.6. The lowest BCUT2D eigenvalue weighted by molar-refractivity contribution is 0.261. The number of unbranched alkanes of at least 4 members (excludes halogenated alkanes) is 18. The number of rotatable bonds is 25. The maximum Gasteiger partial charge on any atom is 0.00313 e. The maximum absolute atomic E-state index is 3.49. The van der Waals surface area contributed by atoms with E-state index in [1.165, 1.54) is 166 Å². The maximum atomic E-state index is 3.49. The highest BCUT2D eigenvalue weighted by atomic mass is 79.9. The zero-order valence-electron chi connectivity index (χ0n) is 23.2. The Bertz CT molecular complexity index is 260. The normalized spacial score (nSPS) is 11.1. The summed E-state index contributed by atoms with van der Waals surface area (Å²) in [5.74, 6) is 0. The first-order valence-electron chi connectivity index (χ1n) is 15.0. The molecule has 0 saturated carbocycles. The van der Waals surface area contributed by atoms with E-state index in [0.717, 1.165) is 0 Å². The Balaban J connectivity index is 0. The number of hydrogen-bond acceptors (Lipinski definition) is 1. The largest absolute Gasteiger partial charge is 0.303 e. The molecule has 0 N–H and O–H groups in total. The second-order valence-electron chi connectivity index (χ2n) is 9.89. The average Bonchev–Trinajstić information content (AvgIpc) is 2.81. The number of hydrogen-bond donors (Lipinski definition) is 0. The van der Waals surface area contributed by atoms with Crippen molar-refractivity contribution in [3.8, 4) is 0 Å². The summed E-state index contributed by atoms with van der Waals surface area (Å²) in [6, 6.07) is 0. The molecule has 0 aromatic heterocycles. The van der Waals surface area contributed by atoms with Gasteiger partial charge >= 0.3 is 0 Å². The standard InChI is InChI=1S/C18H37Br.C12H27N/c1-2-3-4-5-6-7-8-9-10-11-12-13-14-15-16-17-18-19;1-4-7-10-13(11-8-5-2)12-9-6-3/h2-18H2,1H3;4-12H2,1-3H3. The first kappa shape index (κ1) is 34.6. The zero-order chi connectivity index (χ0) is 24.0. The van der Waals surface area contributed by atoms with Crippen molar-refractivity contribution >= 4 is 15.9 Å². The van der Waals surface area contributed by atoms with Crippen LogP contribution in [0.1, 0.15) is 169 Å². The molecule has 0 saturated heterocycles. The molecule has 0 radical (unpaired) electrons. The molecule has 0 atom stereocenters. The van der Waals surface area contributed by atoms with E-state index < -0.39 is 0 Å². The lowest BCUT2D eigenvalue weighted by atomic mass is 10.0. The lowest BCUT2D eigenvalue weighted by Crippen LogP contribution is -2.27. The molecule has 1 nitrogen and oxygen atoms in total. The van der Waals surface area contributed by atoms with Crippen molar-refractivity contribution in [2.75, 3.05) is 25.0 Å². The van der Waals surface area contributed by atoms with Crippen LogP contribution in [0.2, 0.25) is 0 Å². The molecular formula is C30H64BrN. The molecule has 0 aromatic carbocycles. The highest BCUT2D eigenvalue weighted by Crippen LogP contribution is 2.13. The van der Waals surface area contributed by atoms with Crippen LogP contribution >= 0.6 is 15.9 Å². The summed E-state index contributed by atoms with van der Waals surface area (Å²) in [6.07, 6.45) is 31.4. The van der Waals surface area contributed by atoms with Gasteiger partial charge in [0.2, 0.25) is 0 Å². The van der Waals surface area contributed by atoms with E-state index in [-0.39, 0.29) is 0 Å². The van der Waals surface area contributed by atoms with E-state index in [9.17, 15) is 0 Å². The van der Waals surface area contributed by atoms with Gasteiger partial charge < -0.3 is 4.90 Å². The van der Waals surface area contributed by atoms with Gasteiger partial charge in [0.05, 0.1) is 0 Å². The number of nitrogens with zero attached hydrogens (tertiary/aromatic N) is 1. The summed E-state index contributed by atoms with van der Waals surface area (Å²) in [5, 5.41) is 1.19. The Kier molecular flexibility index (Phi) is 36.3. The Morgan fingerprint density at radius 2 is 0.594 bits per heavy atom. The van der Waals surface area contributed by atoms with Crippen LogP contribution in [-0.2, 0) is 0 Å². The SMILES string of the molecule is CCCCCCCCCCCCCCCCCCBr.CCCCN(CCCC)CCCC. The monoisotopic (exact) mass is 517 g/mol. The minimum absolute atomic E-state index is 1.19. The fourth-order valence-electron chi connectivity index (χ4n) is 4.12. The molecule has 0 amide bonds. The Morgan fingerprint density at radius 1 is 0.344 bits per heavy atom. The van der Waals surface area contributed by atoms with Gasteiger partial charge in [-0.05, 0) is 45.3 Å². The third kappa shape index (κ3) is 32.6. The lowest BCUT2D eigenvalue weighted by Gasteiger charge is -2.21. The predicted molar refractivity (Wildman–Crippen MR) is 155 cm³/mol. The minimum Gasteiger partial charge on any atom is -0.303 e. The molecule has 0 unspecified atom stereocenters. The highest BCUT2D eigenvalue weighted by molar-refractivity contribution is 9.09. The van der Waals surface area contributed by atoms with Crippen LogP contribution in [0.15, 0.2) is 0 Å². The van der Waals surface area contributed by atoms with Crippen LogP contribution in [0.5, 0.6) is 0 Å². The number of halogens is 1. The zero-order valence-corrected chi connectivity index (χ0v) is 24.8. The molecule has 0 aliphatic carbocycles. The van der Waals surface area contributed by atoms with Gasteiger partial charge in [0.25, 0.3) is 0 Å². The van der Waals surface area contributed by atoms with Crippen LogP contribution in [-0.4, -0.2) is 29.9 Å². The van der Waals surface area contributed by atoms with Gasteiger partial charge in [0.15, 0.2) is 0 Å². The van der Waals surface area contributed by atoms with Crippen LogP contribution in [0, 0.1) is 0 Å². The first-order chi connectivity index (χ1) is 15.8. The Hall–Kier alpha value is 0.440. The van der Waals surface area contributed by atoms with E-state index in [2.05, 4.69) is 48.5 Å². The van der Waals surface area contributed by atoms with Crippen molar-refractivity contribution in [2.24, 2.45) is 0 Å². The quantitative estimate of drug-likeness (QED) is 0.0858. The highest BCUT2D eigenvalue weighted by Gasteiger charge is 2.01. The van der Waals surface area contributed by atoms with Gasteiger partial charge in [-0.15, -0.1) is 0 Å². The van der Waals surface area contributed by atoms with Crippen molar-refractivity contribution in [1.82, 2.24) is 4.90 Å². The van der Waals surface area contributed by atoms with Gasteiger partial charge in [-0.2, -0.15) is 0 Å². The summed E-state index contributed by atoms with van der Waals surface area (Å²) in [7, 11) is 0. The van der Waals surface area contributed by atoms with Crippen molar-refractivity contribution in [3.63, 3.8) is 0 Å². The molecule has 2 heteroatoms. The smallest absolute Gasteiger partial charge is 0.00313 e. The topological polar surface area (TPSA) is 3.24 Å². The predicted octanol–water partition coefficient (Wildman–Crippen LogP) is 11.3. The van der Waals surface area contributed by atoms with Gasteiger partial charge in [0, 0.05) is 5.33 Å². The third-order valence-electron chi connectivity index (χ3n) is 6.47. The van der Waals surface area contributed by atoms with Crippen LogP contribution in [0.4, 0.5) is 0 Å². The summed E-state index contributed by atoms with van der Waals surface area (Å²) in [5.41, 5.74) is 0. The van der Waals surface area contributed by atoms with Crippen molar-refractivity contribution in [2.45, 2.75) is 169 Å². The van der Waals surface area contributed by atoms with Gasteiger partial charge in [-0.1, -0.05) is 159 Å². The summed E-state index contributed by atoms with van der Waals surface area (Å²) in [4.78, 5) is 2.64. The van der Waals surface area contributed by atoms with Crippen LogP contribution in [0.25, 0.3) is 0 Å². The third-order valence-corrected chi connectivity index (χ3v) is 7.03. The molecule has 196 valence electrons. The van der Waals surface area contributed by atoms with Crippen LogP contribution < -0.4 is 0 Å². The molecule has 0 rings (SSSR count). The fourth-order valence-corrected chi connectivity index (χ4v) is 4.52. The first-order valence-corrected chi connectivity index (χ1v) is 16.2. The molecule has 0 heterocycles. The molecule has 0 bridgehead atoms. The molecular weight excluding hydrogens is 454 g/mol. The molecule has 0 spiro atoms. The fraction of sp³-hybridized carbons (Fsp3) is 1.00. The van der Waals surface area contributed by atoms with E-state index in [4.69, 9.17) is 0 Å². The van der Waals surface area contributed by atoms with Crippen molar-refractivity contribution < 1.29 is 0 Å². The molecule has 0 aromatic rings. The summed E-state index contributed by atoms with van der Waals surface area (Å²) in [6.45, 7) is 13.1.